The molecule has 3 nitrogen and oxygen atoms in total. The monoisotopic (exact) mass is 457 g/mol. The summed E-state index contributed by atoms with van der Waals surface area (Å²) in [7, 11) is 0. The summed E-state index contributed by atoms with van der Waals surface area (Å²) in [6.07, 6.45) is 0. The van der Waals surface area contributed by atoms with Crippen LogP contribution in [-0.2, 0) is 5.41 Å². The minimum absolute atomic E-state index is 0.461. The molecule has 0 aromatic heterocycles. The molecule has 1 aliphatic carbocycles. The first kappa shape index (κ1) is 20.3. The van der Waals surface area contributed by atoms with Gasteiger partial charge in [-0.3, -0.25) is 0 Å². The molecule has 0 radical (unpaired) electrons. The van der Waals surface area contributed by atoms with Crippen LogP contribution in [0, 0.1) is 13.1 Å². The van der Waals surface area contributed by atoms with Crippen LogP contribution >= 0.6 is 0 Å². The van der Waals surface area contributed by atoms with E-state index in [2.05, 4.69) is 112 Å². The third kappa shape index (κ3) is 2.49. The highest BCUT2D eigenvalue weighted by Gasteiger charge is 2.51. The molecule has 1 spiro atoms. The predicted octanol–water partition coefficient (Wildman–Crippen LogP) is 8.93. The van der Waals surface area contributed by atoms with Crippen molar-refractivity contribution in [2.24, 2.45) is 0 Å². The van der Waals surface area contributed by atoms with Gasteiger partial charge in [-0.05, 0) is 57.6 Å². The molecule has 5 aromatic carbocycles. The Kier molecular flexibility index (Phi) is 4.19. The molecular weight excluding hydrogens is 438 g/mol. The molecule has 2 aliphatic rings. The summed E-state index contributed by atoms with van der Waals surface area (Å²) < 4.78 is 0. The summed E-state index contributed by atoms with van der Waals surface area (Å²) in [5.74, 6) is 0. The SMILES string of the molecule is [C-]#[N+]c1cc([N+]#[C-])cc(N2c3ccccc3C3(c4ccccc4-c4ccccc43)c3ccccc32)c1. The van der Waals surface area contributed by atoms with Gasteiger partial charge in [0.2, 0.25) is 0 Å². The van der Waals surface area contributed by atoms with E-state index in [0.29, 0.717) is 11.4 Å². The van der Waals surface area contributed by atoms with Gasteiger partial charge in [-0.25, -0.2) is 9.69 Å². The van der Waals surface area contributed by atoms with Gasteiger partial charge in [0.1, 0.15) is 0 Å². The molecule has 0 unspecified atom stereocenters. The van der Waals surface area contributed by atoms with Crippen molar-refractivity contribution >= 4 is 28.4 Å². The smallest absolute Gasteiger partial charge is 0.179 e. The molecule has 5 aromatic rings. The zero-order chi connectivity index (χ0) is 24.3. The summed E-state index contributed by atoms with van der Waals surface area (Å²) >= 11 is 0. The number of benzene rings is 5. The average molecular weight is 458 g/mol. The van der Waals surface area contributed by atoms with Crippen LogP contribution in [0.15, 0.2) is 115 Å². The first-order valence-electron chi connectivity index (χ1n) is 11.9. The largest absolute Gasteiger partial charge is 0.312 e. The second-order valence-corrected chi connectivity index (χ2v) is 9.14. The van der Waals surface area contributed by atoms with E-state index < -0.39 is 5.41 Å². The summed E-state index contributed by atoms with van der Waals surface area (Å²) in [5.41, 5.74) is 10.9. The van der Waals surface area contributed by atoms with E-state index in [1.165, 1.54) is 33.4 Å². The second-order valence-electron chi connectivity index (χ2n) is 9.14. The quantitative estimate of drug-likeness (QED) is 0.224. The molecule has 0 atom stereocenters. The zero-order valence-corrected chi connectivity index (χ0v) is 19.3. The Bertz CT molecular complexity index is 1660. The number of rotatable bonds is 1. The van der Waals surface area contributed by atoms with E-state index in [1.807, 2.05) is 12.1 Å². The lowest BCUT2D eigenvalue weighted by Gasteiger charge is -2.45. The predicted molar refractivity (Wildman–Crippen MR) is 145 cm³/mol. The average Bonchev–Trinajstić information content (AvgIpc) is 3.24. The van der Waals surface area contributed by atoms with Crippen molar-refractivity contribution in [3.63, 3.8) is 0 Å². The van der Waals surface area contributed by atoms with Crippen LogP contribution in [0.5, 0.6) is 0 Å². The Morgan fingerprint density at radius 3 is 1.39 bits per heavy atom. The van der Waals surface area contributed by atoms with Gasteiger partial charge in [0.05, 0.1) is 29.9 Å². The van der Waals surface area contributed by atoms with Crippen molar-refractivity contribution in [3.05, 3.63) is 160 Å². The van der Waals surface area contributed by atoms with Gasteiger partial charge < -0.3 is 4.90 Å². The fraction of sp³-hybridized carbons (Fsp3) is 0.0303. The highest BCUT2D eigenvalue weighted by Crippen LogP contribution is 2.63. The van der Waals surface area contributed by atoms with E-state index in [-0.39, 0.29) is 0 Å². The summed E-state index contributed by atoms with van der Waals surface area (Å²) in [5, 5.41) is 0. The van der Waals surface area contributed by atoms with Crippen LogP contribution in [0.25, 0.3) is 20.8 Å². The van der Waals surface area contributed by atoms with Gasteiger partial charge in [0.25, 0.3) is 0 Å². The molecule has 0 saturated carbocycles. The molecular formula is C33H19N3. The Morgan fingerprint density at radius 2 is 0.917 bits per heavy atom. The van der Waals surface area contributed by atoms with Crippen LogP contribution in [0.3, 0.4) is 0 Å². The van der Waals surface area contributed by atoms with Crippen LogP contribution < -0.4 is 4.90 Å². The van der Waals surface area contributed by atoms with Gasteiger partial charge in [0, 0.05) is 5.69 Å². The van der Waals surface area contributed by atoms with E-state index in [0.717, 1.165) is 17.1 Å². The van der Waals surface area contributed by atoms with E-state index in [1.54, 1.807) is 6.07 Å². The minimum Gasteiger partial charge on any atom is -0.312 e. The van der Waals surface area contributed by atoms with Gasteiger partial charge in [-0.1, -0.05) is 91.0 Å². The number of para-hydroxylation sites is 2. The van der Waals surface area contributed by atoms with Crippen LogP contribution in [-0.4, -0.2) is 0 Å². The third-order valence-corrected chi connectivity index (χ3v) is 7.45. The topological polar surface area (TPSA) is 12.0 Å². The Hall–Kier alpha value is -5.12. The number of hydrogen-bond acceptors (Lipinski definition) is 1. The molecule has 7 rings (SSSR count). The molecule has 36 heavy (non-hydrogen) atoms. The zero-order valence-electron chi connectivity index (χ0n) is 19.3. The van der Waals surface area contributed by atoms with Crippen molar-refractivity contribution in [3.8, 4) is 11.1 Å². The first-order valence-corrected chi connectivity index (χ1v) is 11.9. The lowest BCUT2D eigenvalue weighted by molar-refractivity contribution is 0.752. The highest BCUT2D eigenvalue weighted by molar-refractivity contribution is 5.96. The molecule has 0 N–H and O–H groups in total. The number of nitrogens with zero attached hydrogens (tertiary/aromatic N) is 3. The van der Waals surface area contributed by atoms with Crippen LogP contribution in [0.1, 0.15) is 22.3 Å². The lowest BCUT2D eigenvalue weighted by Crippen LogP contribution is -2.36. The summed E-state index contributed by atoms with van der Waals surface area (Å²) in [6, 6.07) is 40.0. The van der Waals surface area contributed by atoms with Crippen molar-refractivity contribution < 1.29 is 0 Å². The number of fused-ring (bicyclic) bond motifs is 9. The van der Waals surface area contributed by atoms with Crippen molar-refractivity contribution in [2.45, 2.75) is 5.41 Å². The second kappa shape index (κ2) is 7.44. The van der Waals surface area contributed by atoms with Gasteiger partial charge in [-0.15, -0.1) is 0 Å². The van der Waals surface area contributed by atoms with E-state index in [4.69, 9.17) is 13.1 Å². The molecule has 1 aliphatic heterocycles. The molecule has 1 heterocycles. The van der Waals surface area contributed by atoms with Gasteiger partial charge >= 0.3 is 0 Å². The summed E-state index contributed by atoms with van der Waals surface area (Å²) in [6.45, 7) is 15.2. The molecule has 0 fully saturated rings. The van der Waals surface area contributed by atoms with Crippen molar-refractivity contribution in [2.75, 3.05) is 4.90 Å². The standard InChI is InChI=1S/C33H19N3/c1-34-22-19-23(35-2)21-24(20-22)36-31-17-9-7-15-29(31)33(30-16-8-10-18-32(30)36)27-13-5-3-11-25(27)26-12-4-6-14-28(26)33/h3-21H. The highest BCUT2D eigenvalue weighted by atomic mass is 15.2. The maximum absolute atomic E-state index is 7.61. The first-order chi connectivity index (χ1) is 17.8. The molecule has 166 valence electrons. The fourth-order valence-electron chi connectivity index (χ4n) is 6.18. The van der Waals surface area contributed by atoms with E-state index >= 15 is 0 Å². The number of anilines is 3. The molecule has 0 bridgehead atoms. The third-order valence-electron chi connectivity index (χ3n) is 7.45. The Balaban J connectivity index is 1.63. The van der Waals surface area contributed by atoms with Crippen LogP contribution in [0.4, 0.5) is 28.4 Å². The lowest BCUT2D eigenvalue weighted by atomic mass is 9.64. The molecule has 0 saturated heterocycles. The normalized spacial score (nSPS) is 13.7. The maximum atomic E-state index is 7.61. The van der Waals surface area contributed by atoms with Gasteiger partial charge in [-0.2, -0.15) is 0 Å². The van der Waals surface area contributed by atoms with Crippen molar-refractivity contribution in [1.82, 2.24) is 0 Å². The molecule has 3 heteroatoms. The minimum atomic E-state index is -0.461. The fourth-order valence-corrected chi connectivity index (χ4v) is 6.18. The van der Waals surface area contributed by atoms with Crippen LogP contribution in [0.2, 0.25) is 0 Å². The summed E-state index contributed by atoms with van der Waals surface area (Å²) in [4.78, 5) is 9.53. The van der Waals surface area contributed by atoms with Gasteiger partial charge in [0.15, 0.2) is 11.4 Å². The molecule has 0 amide bonds. The number of hydrogen-bond donors (Lipinski definition) is 0. The maximum Gasteiger partial charge on any atom is 0.179 e. The van der Waals surface area contributed by atoms with E-state index in [9.17, 15) is 0 Å². The van der Waals surface area contributed by atoms with Crippen molar-refractivity contribution in [1.29, 1.82) is 0 Å². The Labute approximate surface area is 210 Å². The Morgan fingerprint density at radius 1 is 0.500 bits per heavy atom.